The van der Waals surface area contributed by atoms with Crippen LogP contribution in [0.15, 0.2) is 24.3 Å². The first-order chi connectivity index (χ1) is 8.91. The molecule has 0 spiro atoms. The molecule has 2 rings (SSSR count). The third-order valence-electron chi connectivity index (χ3n) is 3.36. The Hall–Kier alpha value is -1.11. The van der Waals surface area contributed by atoms with Crippen LogP contribution in [0.1, 0.15) is 25.3 Å². The van der Waals surface area contributed by atoms with Gasteiger partial charge in [-0.15, -0.1) is 0 Å². The zero-order chi connectivity index (χ0) is 14.0. The summed E-state index contributed by atoms with van der Waals surface area (Å²) in [5.74, 6) is -1.47. The number of carbonyl (C=O) groups excluding carboxylic acids is 1. The largest absolute Gasteiger partial charge is 0.480 e. The molecule has 0 heterocycles. The summed E-state index contributed by atoms with van der Waals surface area (Å²) >= 11 is 2.19. The van der Waals surface area contributed by atoms with Crippen LogP contribution in [0.2, 0.25) is 0 Å². The minimum atomic E-state index is -1.41. The van der Waals surface area contributed by atoms with Crippen LogP contribution in [0.4, 0.5) is 0 Å². The lowest BCUT2D eigenvalue weighted by atomic mass is 9.82. The first kappa shape index (κ1) is 14.3. The zero-order valence-corrected chi connectivity index (χ0v) is 12.8. The molecule has 102 valence electrons. The molecule has 0 aliphatic heterocycles. The average Bonchev–Trinajstić information content (AvgIpc) is 3.15. The van der Waals surface area contributed by atoms with Crippen molar-refractivity contribution in [3.05, 3.63) is 33.4 Å². The van der Waals surface area contributed by atoms with Crippen LogP contribution in [-0.4, -0.2) is 23.0 Å². The van der Waals surface area contributed by atoms with Crippen molar-refractivity contribution in [3.63, 3.8) is 0 Å². The average molecular weight is 373 g/mol. The Labute approximate surface area is 125 Å². The highest BCUT2D eigenvalue weighted by Gasteiger charge is 2.43. The Morgan fingerprint density at radius 1 is 1.37 bits per heavy atom. The number of carbonyl (C=O) groups is 2. The van der Waals surface area contributed by atoms with Gasteiger partial charge < -0.3 is 10.4 Å². The van der Waals surface area contributed by atoms with E-state index in [-0.39, 0.29) is 18.4 Å². The van der Waals surface area contributed by atoms with E-state index >= 15 is 0 Å². The minimum absolute atomic E-state index is 0.169. The van der Waals surface area contributed by atoms with Crippen LogP contribution >= 0.6 is 22.6 Å². The van der Waals surface area contributed by atoms with Crippen molar-refractivity contribution in [3.8, 4) is 0 Å². The lowest BCUT2D eigenvalue weighted by Crippen LogP contribution is -2.46. The van der Waals surface area contributed by atoms with Gasteiger partial charge in [-0.1, -0.05) is 12.1 Å². The molecule has 1 aliphatic rings. The van der Waals surface area contributed by atoms with Crippen molar-refractivity contribution in [2.45, 2.75) is 32.2 Å². The second-order valence-corrected chi connectivity index (χ2v) is 6.43. The Morgan fingerprint density at radius 2 is 1.95 bits per heavy atom. The van der Waals surface area contributed by atoms with E-state index in [0.29, 0.717) is 0 Å². The van der Waals surface area contributed by atoms with E-state index in [1.807, 2.05) is 24.3 Å². The van der Waals surface area contributed by atoms with E-state index < -0.39 is 11.4 Å². The van der Waals surface area contributed by atoms with E-state index in [1.54, 1.807) is 0 Å². The van der Waals surface area contributed by atoms with Crippen molar-refractivity contribution in [1.29, 1.82) is 0 Å². The summed E-state index contributed by atoms with van der Waals surface area (Å²) in [5.41, 5.74) is -0.550. The van der Waals surface area contributed by atoms with Crippen LogP contribution in [0.5, 0.6) is 0 Å². The molecule has 0 radical (unpaired) electrons. The molecule has 1 atom stereocenters. The van der Waals surface area contributed by atoms with E-state index in [9.17, 15) is 14.7 Å². The molecule has 4 nitrogen and oxygen atoms in total. The summed E-state index contributed by atoms with van der Waals surface area (Å²) < 4.78 is 1.08. The molecular weight excluding hydrogens is 357 g/mol. The molecule has 0 bridgehead atoms. The van der Waals surface area contributed by atoms with Crippen molar-refractivity contribution >= 4 is 34.5 Å². The second-order valence-electron chi connectivity index (χ2n) is 5.19. The van der Waals surface area contributed by atoms with Crippen LogP contribution in [0.3, 0.4) is 0 Å². The van der Waals surface area contributed by atoms with Crippen LogP contribution in [-0.2, 0) is 16.0 Å². The third-order valence-corrected chi connectivity index (χ3v) is 4.08. The Morgan fingerprint density at radius 3 is 2.42 bits per heavy atom. The van der Waals surface area contributed by atoms with Crippen LogP contribution in [0.25, 0.3) is 0 Å². The summed E-state index contributed by atoms with van der Waals surface area (Å²) in [6, 6.07) is 7.73. The topological polar surface area (TPSA) is 66.4 Å². The normalized spacial score (nSPS) is 17.6. The first-order valence-corrected chi connectivity index (χ1v) is 7.28. The maximum Gasteiger partial charge on any atom is 0.319 e. The van der Waals surface area contributed by atoms with Gasteiger partial charge in [0.1, 0.15) is 5.41 Å². The highest BCUT2D eigenvalue weighted by molar-refractivity contribution is 14.1. The quantitative estimate of drug-likeness (QED) is 0.615. The summed E-state index contributed by atoms with van der Waals surface area (Å²) in [5, 5.41) is 12.2. The molecule has 0 saturated heterocycles. The van der Waals surface area contributed by atoms with E-state index in [2.05, 4.69) is 27.9 Å². The molecule has 0 aromatic heterocycles. The van der Waals surface area contributed by atoms with Gasteiger partial charge in [0, 0.05) is 9.61 Å². The number of carboxylic acids is 1. The van der Waals surface area contributed by atoms with Crippen LogP contribution in [0, 0.1) is 8.99 Å². The monoisotopic (exact) mass is 373 g/mol. The number of aliphatic carboxylic acids is 1. The third kappa shape index (κ3) is 3.46. The van der Waals surface area contributed by atoms with E-state index in [1.165, 1.54) is 6.92 Å². The molecule has 1 aliphatic carbocycles. The van der Waals surface area contributed by atoms with Crippen LogP contribution < -0.4 is 5.32 Å². The fourth-order valence-electron chi connectivity index (χ4n) is 1.84. The van der Waals surface area contributed by atoms with E-state index in [4.69, 9.17) is 0 Å². The standard InChI is InChI=1S/C14H16INO3/c1-14(13(18)19,12(17)16-11-6-7-11)8-9-2-4-10(15)5-3-9/h2-5,11H,6-8H2,1H3,(H,16,17)(H,18,19). The number of hydrogen-bond donors (Lipinski definition) is 2. The van der Waals surface area contributed by atoms with Gasteiger partial charge in [-0.2, -0.15) is 0 Å². The van der Waals surface area contributed by atoms with E-state index in [0.717, 1.165) is 22.0 Å². The number of benzene rings is 1. The Bertz CT molecular complexity index is 496. The Balaban J connectivity index is 2.15. The van der Waals surface area contributed by atoms with Gasteiger partial charge in [-0.3, -0.25) is 9.59 Å². The van der Waals surface area contributed by atoms with Crippen molar-refractivity contribution < 1.29 is 14.7 Å². The fraction of sp³-hybridized carbons (Fsp3) is 0.429. The van der Waals surface area contributed by atoms with Crippen molar-refractivity contribution in [1.82, 2.24) is 5.32 Å². The summed E-state index contributed by atoms with van der Waals surface area (Å²) in [7, 11) is 0. The number of amides is 1. The zero-order valence-electron chi connectivity index (χ0n) is 10.6. The molecule has 1 aromatic carbocycles. The molecule has 1 amide bonds. The van der Waals surface area contributed by atoms with Crippen molar-refractivity contribution in [2.75, 3.05) is 0 Å². The first-order valence-electron chi connectivity index (χ1n) is 6.20. The lowest BCUT2D eigenvalue weighted by molar-refractivity contribution is -0.154. The molecule has 1 unspecified atom stereocenters. The smallest absolute Gasteiger partial charge is 0.319 e. The predicted molar refractivity (Wildman–Crippen MR) is 79.8 cm³/mol. The van der Waals surface area contributed by atoms with Gasteiger partial charge in [0.25, 0.3) is 0 Å². The molecule has 1 fully saturated rings. The molecule has 1 aromatic rings. The number of nitrogens with one attached hydrogen (secondary N) is 1. The number of carboxylic acid groups (broad SMARTS) is 1. The van der Waals surface area contributed by atoms with Gasteiger partial charge in [-0.25, -0.2) is 0 Å². The van der Waals surface area contributed by atoms with Gasteiger partial charge in [-0.05, 0) is 66.5 Å². The molecule has 1 saturated carbocycles. The number of halogens is 1. The summed E-state index contributed by atoms with van der Waals surface area (Å²) in [6.45, 7) is 1.49. The molecule has 19 heavy (non-hydrogen) atoms. The maximum absolute atomic E-state index is 12.1. The van der Waals surface area contributed by atoms with Gasteiger partial charge in [0.15, 0.2) is 0 Å². The lowest BCUT2D eigenvalue weighted by Gasteiger charge is -2.24. The number of hydrogen-bond acceptors (Lipinski definition) is 2. The SMILES string of the molecule is CC(Cc1ccc(I)cc1)(C(=O)O)C(=O)NC1CC1. The maximum atomic E-state index is 12.1. The highest BCUT2D eigenvalue weighted by Crippen LogP contribution is 2.27. The summed E-state index contributed by atoms with van der Waals surface area (Å²) in [6.07, 6.45) is 2.10. The molecule has 5 heteroatoms. The van der Waals surface area contributed by atoms with Gasteiger partial charge in [0.05, 0.1) is 0 Å². The van der Waals surface area contributed by atoms with Gasteiger partial charge in [0.2, 0.25) is 5.91 Å². The predicted octanol–water partition coefficient (Wildman–Crippen LogP) is 2.20. The van der Waals surface area contributed by atoms with Gasteiger partial charge >= 0.3 is 5.97 Å². The fourth-order valence-corrected chi connectivity index (χ4v) is 2.20. The Kier molecular flexibility index (Phi) is 4.13. The van der Waals surface area contributed by atoms with Crippen molar-refractivity contribution in [2.24, 2.45) is 5.41 Å². The summed E-state index contributed by atoms with van der Waals surface area (Å²) in [4.78, 5) is 23.6. The number of rotatable bonds is 5. The minimum Gasteiger partial charge on any atom is -0.480 e. The molecule has 2 N–H and O–H groups in total. The highest BCUT2D eigenvalue weighted by atomic mass is 127. The second kappa shape index (κ2) is 5.48. The molecular formula is C14H16INO3.